The molecule has 0 saturated heterocycles. The van der Waals surface area contributed by atoms with E-state index in [9.17, 15) is 0 Å². The molecule has 1 heteroatoms. The Bertz CT molecular complexity index is 291. The maximum Gasteiger partial charge on any atom is 0.0121 e. The fraction of sp³-hybridized carbons (Fsp3) is 0.500. The van der Waals surface area contributed by atoms with E-state index in [4.69, 9.17) is 0 Å². The standard InChI is InChI=1S/C12H16S/c1-9(2)11-8-7-10-5-3-4-6-12(10)13-11/h3-6,9,11H,7-8H2,1-2H3. The third-order valence-corrected chi connectivity index (χ3v) is 4.43. The summed E-state index contributed by atoms with van der Waals surface area (Å²) in [5.74, 6) is 0.804. The summed E-state index contributed by atoms with van der Waals surface area (Å²) in [5, 5.41) is 0.829. The Kier molecular flexibility index (Phi) is 2.63. The van der Waals surface area contributed by atoms with Crippen LogP contribution in [0.25, 0.3) is 0 Å². The lowest BCUT2D eigenvalue weighted by Crippen LogP contribution is -2.16. The van der Waals surface area contributed by atoms with Crippen molar-refractivity contribution in [2.45, 2.75) is 36.8 Å². The average Bonchev–Trinajstić information content (AvgIpc) is 2.17. The molecule has 1 aromatic carbocycles. The molecule has 70 valence electrons. The smallest absolute Gasteiger partial charge is 0.0121 e. The van der Waals surface area contributed by atoms with Gasteiger partial charge in [0, 0.05) is 10.1 Å². The van der Waals surface area contributed by atoms with Crippen molar-refractivity contribution in [2.24, 2.45) is 5.92 Å². The van der Waals surface area contributed by atoms with Gasteiger partial charge in [0.25, 0.3) is 0 Å². The van der Waals surface area contributed by atoms with E-state index in [2.05, 4.69) is 49.9 Å². The predicted molar refractivity (Wildman–Crippen MR) is 59.2 cm³/mol. The van der Waals surface area contributed by atoms with Gasteiger partial charge in [0.05, 0.1) is 0 Å². The summed E-state index contributed by atoms with van der Waals surface area (Å²) in [7, 11) is 0. The average molecular weight is 192 g/mol. The lowest BCUT2D eigenvalue weighted by Gasteiger charge is -2.26. The molecule has 0 spiro atoms. The lowest BCUT2D eigenvalue weighted by atomic mass is 10.0. The zero-order valence-corrected chi connectivity index (χ0v) is 9.10. The van der Waals surface area contributed by atoms with Crippen LogP contribution in [0.3, 0.4) is 0 Å². The van der Waals surface area contributed by atoms with Crippen molar-refractivity contribution < 1.29 is 0 Å². The SMILES string of the molecule is CC(C)C1CCc2ccccc2S1. The maximum atomic E-state index is 2.33. The van der Waals surface area contributed by atoms with Gasteiger partial charge in [-0.1, -0.05) is 32.0 Å². The second-order valence-corrected chi connectivity index (χ2v) is 5.33. The zero-order valence-electron chi connectivity index (χ0n) is 8.29. The molecular weight excluding hydrogens is 176 g/mol. The highest BCUT2D eigenvalue weighted by molar-refractivity contribution is 8.00. The van der Waals surface area contributed by atoms with Crippen molar-refractivity contribution in [1.29, 1.82) is 0 Å². The molecule has 13 heavy (non-hydrogen) atoms. The van der Waals surface area contributed by atoms with Gasteiger partial charge in [0.2, 0.25) is 0 Å². The largest absolute Gasteiger partial charge is 0.122 e. The summed E-state index contributed by atoms with van der Waals surface area (Å²) in [6.07, 6.45) is 2.62. The lowest BCUT2D eigenvalue weighted by molar-refractivity contribution is 0.564. The van der Waals surface area contributed by atoms with Crippen LogP contribution >= 0.6 is 11.8 Å². The van der Waals surface area contributed by atoms with E-state index >= 15 is 0 Å². The first-order valence-electron chi connectivity index (χ1n) is 5.02. The van der Waals surface area contributed by atoms with Crippen LogP contribution in [0.1, 0.15) is 25.8 Å². The number of aryl methyl sites for hydroxylation is 1. The van der Waals surface area contributed by atoms with Crippen molar-refractivity contribution in [3.63, 3.8) is 0 Å². The molecule has 1 aliphatic heterocycles. The molecule has 1 heterocycles. The molecule has 1 atom stereocenters. The van der Waals surface area contributed by atoms with Gasteiger partial charge in [-0.05, 0) is 30.4 Å². The first-order valence-corrected chi connectivity index (χ1v) is 5.90. The maximum absolute atomic E-state index is 2.33. The van der Waals surface area contributed by atoms with E-state index < -0.39 is 0 Å². The second kappa shape index (κ2) is 3.75. The number of hydrogen-bond donors (Lipinski definition) is 0. The molecular formula is C12H16S. The van der Waals surface area contributed by atoms with Crippen molar-refractivity contribution in [2.75, 3.05) is 0 Å². The molecule has 0 bridgehead atoms. The van der Waals surface area contributed by atoms with Crippen molar-refractivity contribution in [3.8, 4) is 0 Å². The minimum atomic E-state index is 0.804. The van der Waals surface area contributed by atoms with E-state index in [-0.39, 0.29) is 0 Å². The molecule has 2 rings (SSSR count). The van der Waals surface area contributed by atoms with Gasteiger partial charge in [-0.2, -0.15) is 0 Å². The van der Waals surface area contributed by atoms with Crippen molar-refractivity contribution >= 4 is 11.8 Å². The van der Waals surface area contributed by atoms with Gasteiger partial charge in [0.15, 0.2) is 0 Å². The number of benzene rings is 1. The molecule has 0 N–H and O–H groups in total. The second-order valence-electron chi connectivity index (χ2n) is 4.05. The molecule has 1 aliphatic rings. The minimum absolute atomic E-state index is 0.804. The summed E-state index contributed by atoms with van der Waals surface area (Å²) in [4.78, 5) is 1.51. The number of rotatable bonds is 1. The van der Waals surface area contributed by atoms with E-state index in [1.165, 1.54) is 17.7 Å². The molecule has 1 unspecified atom stereocenters. The summed E-state index contributed by atoms with van der Waals surface area (Å²) in [6, 6.07) is 8.82. The van der Waals surface area contributed by atoms with Crippen LogP contribution in [-0.4, -0.2) is 5.25 Å². The van der Waals surface area contributed by atoms with E-state index in [0.717, 1.165) is 11.2 Å². The molecule has 0 aromatic heterocycles. The summed E-state index contributed by atoms with van der Waals surface area (Å²) in [5.41, 5.74) is 1.55. The third kappa shape index (κ3) is 1.91. The summed E-state index contributed by atoms with van der Waals surface area (Å²) < 4.78 is 0. The Hall–Kier alpha value is -0.430. The highest BCUT2D eigenvalue weighted by Gasteiger charge is 2.20. The normalized spacial score (nSPS) is 21.6. The molecule has 0 nitrogen and oxygen atoms in total. The molecule has 0 radical (unpaired) electrons. The summed E-state index contributed by atoms with van der Waals surface area (Å²) in [6.45, 7) is 4.65. The number of fused-ring (bicyclic) bond motifs is 1. The summed E-state index contributed by atoms with van der Waals surface area (Å²) >= 11 is 2.07. The Morgan fingerprint density at radius 2 is 2.08 bits per heavy atom. The molecule has 0 saturated carbocycles. The molecule has 0 aliphatic carbocycles. The Morgan fingerprint density at radius 1 is 1.31 bits per heavy atom. The minimum Gasteiger partial charge on any atom is -0.122 e. The van der Waals surface area contributed by atoms with E-state index in [0.29, 0.717) is 0 Å². The highest BCUT2D eigenvalue weighted by atomic mass is 32.2. The molecule has 0 fully saturated rings. The predicted octanol–water partition coefficient (Wildman–Crippen LogP) is 3.75. The van der Waals surface area contributed by atoms with Gasteiger partial charge in [-0.3, -0.25) is 0 Å². The van der Waals surface area contributed by atoms with Crippen LogP contribution in [0.15, 0.2) is 29.2 Å². The van der Waals surface area contributed by atoms with Gasteiger partial charge in [0.1, 0.15) is 0 Å². The van der Waals surface area contributed by atoms with Crippen LogP contribution in [0.2, 0.25) is 0 Å². The van der Waals surface area contributed by atoms with Gasteiger partial charge < -0.3 is 0 Å². The monoisotopic (exact) mass is 192 g/mol. The Morgan fingerprint density at radius 3 is 2.85 bits per heavy atom. The fourth-order valence-corrected chi connectivity index (χ4v) is 3.13. The van der Waals surface area contributed by atoms with Gasteiger partial charge in [-0.15, -0.1) is 11.8 Å². The van der Waals surface area contributed by atoms with Crippen molar-refractivity contribution in [3.05, 3.63) is 29.8 Å². The van der Waals surface area contributed by atoms with Crippen LogP contribution in [-0.2, 0) is 6.42 Å². The number of thioether (sulfide) groups is 1. The first-order chi connectivity index (χ1) is 6.27. The number of hydrogen-bond acceptors (Lipinski definition) is 1. The quantitative estimate of drug-likeness (QED) is 0.653. The van der Waals surface area contributed by atoms with E-state index in [1.54, 1.807) is 5.56 Å². The van der Waals surface area contributed by atoms with E-state index in [1.807, 2.05) is 0 Å². The van der Waals surface area contributed by atoms with Crippen LogP contribution < -0.4 is 0 Å². The van der Waals surface area contributed by atoms with Gasteiger partial charge in [-0.25, -0.2) is 0 Å². The van der Waals surface area contributed by atoms with Crippen LogP contribution in [0.4, 0.5) is 0 Å². The molecule has 0 amide bonds. The third-order valence-electron chi connectivity index (χ3n) is 2.69. The molecule has 1 aromatic rings. The van der Waals surface area contributed by atoms with Crippen LogP contribution in [0.5, 0.6) is 0 Å². The zero-order chi connectivity index (χ0) is 9.26. The van der Waals surface area contributed by atoms with Crippen molar-refractivity contribution in [1.82, 2.24) is 0 Å². The highest BCUT2D eigenvalue weighted by Crippen LogP contribution is 2.38. The first kappa shape index (κ1) is 9.14. The fourth-order valence-electron chi connectivity index (χ4n) is 1.81. The van der Waals surface area contributed by atoms with Crippen LogP contribution in [0, 0.1) is 5.92 Å². The van der Waals surface area contributed by atoms with Gasteiger partial charge >= 0.3 is 0 Å². The Labute approximate surface area is 84.7 Å². The Balaban J connectivity index is 2.20. The topological polar surface area (TPSA) is 0 Å².